The fraction of sp³-hybridized carbons (Fsp3) is 0.300. The molecule has 0 aromatic carbocycles. The van der Waals surface area contributed by atoms with Crippen LogP contribution in [0.1, 0.15) is 18.2 Å². The standard InChI is InChI=1S/C10H13NOS/c1-7(2)10-8(3)4-9(5-11-10)12-6-13/h4-5,13H,1,6H2,2-3H3. The number of rotatable bonds is 3. The minimum Gasteiger partial charge on any atom is -0.482 e. The van der Waals surface area contributed by atoms with Crippen molar-refractivity contribution in [3.8, 4) is 5.75 Å². The van der Waals surface area contributed by atoms with E-state index in [1.54, 1.807) is 6.20 Å². The van der Waals surface area contributed by atoms with Gasteiger partial charge in [0.1, 0.15) is 11.7 Å². The Bertz CT molecular complexity index is 323. The minimum absolute atomic E-state index is 0.369. The van der Waals surface area contributed by atoms with E-state index in [0.717, 1.165) is 22.6 Å². The SMILES string of the molecule is C=C(C)c1ncc(OCS)cc1C. The van der Waals surface area contributed by atoms with E-state index in [2.05, 4.69) is 24.2 Å². The van der Waals surface area contributed by atoms with Crippen LogP contribution in [-0.4, -0.2) is 10.9 Å². The molecule has 0 aliphatic rings. The van der Waals surface area contributed by atoms with Crippen molar-refractivity contribution >= 4 is 18.2 Å². The Labute approximate surface area is 84.1 Å². The topological polar surface area (TPSA) is 22.1 Å². The molecule has 70 valence electrons. The van der Waals surface area contributed by atoms with E-state index in [0.29, 0.717) is 5.94 Å². The average molecular weight is 195 g/mol. The van der Waals surface area contributed by atoms with Gasteiger partial charge in [-0.3, -0.25) is 4.98 Å². The molecule has 0 spiro atoms. The van der Waals surface area contributed by atoms with Crippen LogP contribution in [0.3, 0.4) is 0 Å². The molecule has 0 amide bonds. The smallest absolute Gasteiger partial charge is 0.139 e. The van der Waals surface area contributed by atoms with Gasteiger partial charge in [0.25, 0.3) is 0 Å². The van der Waals surface area contributed by atoms with Crippen molar-refractivity contribution < 1.29 is 4.74 Å². The molecule has 0 fully saturated rings. The van der Waals surface area contributed by atoms with Gasteiger partial charge in [0, 0.05) is 0 Å². The number of hydrogen-bond acceptors (Lipinski definition) is 3. The predicted octanol–water partition coefficient (Wildman–Crippen LogP) is 2.69. The highest BCUT2D eigenvalue weighted by molar-refractivity contribution is 7.80. The van der Waals surface area contributed by atoms with E-state index in [1.807, 2.05) is 19.9 Å². The first kappa shape index (κ1) is 10.1. The van der Waals surface area contributed by atoms with Crippen LogP contribution in [0.2, 0.25) is 0 Å². The van der Waals surface area contributed by atoms with Crippen molar-refractivity contribution in [3.63, 3.8) is 0 Å². The van der Waals surface area contributed by atoms with Crippen LogP contribution in [0.4, 0.5) is 0 Å². The summed E-state index contributed by atoms with van der Waals surface area (Å²) in [6.07, 6.45) is 1.69. The fourth-order valence-electron chi connectivity index (χ4n) is 1.15. The summed E-state index contributed by atoms with van der Waals surface area (Å²) in [6.45, 7) is 7.77. The normalized spacial score (nSPS) is 9.77. The minimum atomic E-state index is 0.369. The van der Waals surface area contributed by atoms with Gasteiger partial charge in [-0.25, -0.2) is 0 Å². The number of hydrogen-bond donors (Lipinski definition) is 1. The molecule has 0 saturated heterocycles. The van der Waals surface area contributed by atoms with Crippen LogP contribution >= 0.6 is 12.6 Å². The summed E-state index contributed by atoms with van der Waals surface area (Å²) in [5, 5.41) is 0. The third-order valence-corrected chi connectivity index (χ3v) is 1.82. The molecule has 1 aromatic heterocycles. The maximum atomic E-state index is 5.19. The first-order chi connectivity index (χ1) is 6.15. The number of thiol groups is 1. The van der Waals surface area contributed by atoms with Crippen LogP contribution in [0.5, 0.6) is 5.75 Å². The summed E-state index contributed by atoms with van der Waals surface area (Å²) in [5.41, 5.74) is 2.98. The zero-order valence-corrected chi connectivity index (χ0v) is 8.77. The van der Waals surface area contributed by atoms with Gasteiger partial charge in [-0.15, -0.1) is 12.6 Å². The number of nitrogens with zero attached hydrogens (tertiary/aromatic N) is 1. The molecule has 0 aliphatic heterocycles. The Hall–Kier alpha value is -0.960. The van der Waals surface area contributed by atoms with E-state index in [9.17, 15) is 0 Å². The summed E-state index contributed by atoms with van der Waals surface area (Å²) in [6, 6.07) is 1.94. The van der Waals surface area contributed by atoms with Gasteiger partial charge >= 0.3 is 0 Å². The van der Waals surface area contributed by atoms with Crippen LogP contribution < -0.4 is 4.74 Å². The van der Waals surface area contributed by atoms with Gasteiger partial charge in [0.05, 0.1) is 11.9 Å². The number of pyridine rings is 1. The van der Waals surface area contributed by atoms with Crippen molar-refractivity contribution in [1.82, 2.24) is 4.98 Å². The maximum Gasteiger partial charge on any atom is 0.139 e. The zero-order chi connectivity index (χ0) is 9.84. The first-order valence-electron chi connectivity index (χ1n) is 4.01. The van der Waals surface area contributed by atoms with Crippen LogP contribution in [-0.2, 0) is 0 Å². The summed E-state index contributed by atoms with van der Waals surface area (Å²) in [4.78, 5) is 4.24. The summed E-state index contributed by atoms with van der Waals surface area (Å²) < 4.78 is 5.19. The van der Waals surface area contributed by atoms with Gasteiger partial charge in [-0.05, 0) is 31.1 Å². The number of allylic oxidation sites excluding steroid dienone is 1. The third-order valence-electron chi connectivity index (χ3n) is 1.69. The van der Waals surface area contributed by atoms with E-state index < -0.39 is 0 Å². The van der Waals surface area contributed by atoms with Gasteiger partial charge < -0.3 is 4.74 Å². The lowest BCUT2D eigenvalue weighted by molar-refractivity contribution is 0.392. The molecule has 0 unspecified atom stereocenters. The summed E-state index contributed by atoms with van der Waals surface area (Å²) in [7, 11) is 0. The first-order valence-corrected chi connectivity index (χ1v) is 4.64. The molecular formula is C10H13NOS. The summed E-state index contributed by atoms with van der Waals surface area (Å²) >= 11 is 3.97. The lowest BCUT2D eigenvalue weighted by Gasteiger charge is -2.06. The second kappa shape index (κ2) is 4.33. The molecule has 0 N–H and O–H groups in total. The Morgan fingerprint density at radius 1 is 1.69 bits per heavy atom. The molecule has 3 heteroatoms. The molecule has 0 aliphatic carbocycles. The number of aryl methyl sites for hydroxylation is 1. The zero-order valence-electron chi connectivity index (χ0n) is 7.87. The Kier molecular flexibility index (Phi) is 3.37. The van der Waals surface area contributed by atoms with Gasteiger partial charge in [0.2, 0.25) is 0 Å². The van der Waals surface area contributed by atoms with Crippen LogP contribution in [0.15, 0.2) is 18.8 Å². The highest BCUT2D eigenvalue weighted by Gasteiger charge is 2.02. The molecule has 0 bridgehead atoms. The van der Waals surface area contributed by atoms with E-state index >= 15 is 0 Å². The van der Waals surface area contributed by atoms with Crippen LogP contribution in [0.25, 0.3) is 5.57 Å². The molecular weight excluding hydrogens is 182 g/mol. The highest BCUT2D eigenvalue weighted by Crippen LogP contribution is 2.19. The number of aromatic nitrogens is 1. The van der Waals surface area contributed by atoms with Crippen molar-refractivity contribution in [2.75, 3.05) is 5.94 Å². The average Bonchev–Trinajstić information content (AvgIpc) is 2.04. The van der Waals surface area contributed by atoms with Crippen LogP contribution in [0, 0.1) is 6.92 Å². The van der Waals surface area contributed by atoms with Crippen molar-refractivity contribution in [2.24, 2.45) is 0 Å². The molecule has 1 aromatic rings. The van der Waals surface area contributed by atoms with Gasteiger partial charge in [0.15, 0.2) is 0 Å². The monoisotopic (exact) mass is 195 g/mol. The molecule has 1 rings (SSSR count). The summed E-state index contributed by atoms with van der Waals surface area (Å²) in [5.74, 6) is 1.12. The second-order valence-electron chi connectivity index (χ2n) is 2.89. The van der Waals surface area contributed by atoms with Crippen molar-refractivity contribution in [2.45, 2.75) is 13.8 Å². The van der Waals surface area contributed by atoms with E-state index in [4.69, 9.17) is 4.74 Å². The van der Waals surface area contributed by atoms with E-state index in [1.165, 1.54) is 0 Å². The van der Waals surface area contributed by atoms with Gasteiger partial charge in [-0.2, -0.15) is 0 Å². The second-order valence-corrected chi connectivity index (χ2v) is 3.15. The molecule has 1 heterocycles. The maximum absolute atomic E-state index is 5.19. The largest absolute Gasteiger partial charge is 0.482 e. The van der Waals surface area contributed by atoms with E-state index in [-0.39, 0.29) is 0 Å². The quantitative estimate of drug-likeness (QED) is 0.591. The lowest BCUT2D eigenvalue weighted by Crippen LogP contribution is -1.94. The Morgan fingerprint density at radius 2 is 2.38 bits per heavy atom. The van der Waals surface area contributed by atoms with Crippen molar-refractivity contribution in [3.05, 3.63) is 30.1 Å². The molecule has 0 atom stereocenters. The Balaban J connectivity index is 2.98. The molecule has 0 radical (unpaired) electrons. The lowest BCUT2D eigenvalue weighted by atomic mass is 10.1. The molecule has 13 heavy (non-hydrogen) atoms. The molecule has 2 nitrogen and oxygen atoms in total. The fourth-order valence-corrected chi connectivity index (χ4v) is 1.30. The van der Waals surface area contributed by atoms with Crippen molar-refractivity contribution in [1.29, 1.82) is 0 Å². The Morgan fingerprint density at radius 3 is 2.85 bits per heavy atom. The van der Waals surface area contributed by atoms with Gasteiger partial charge in [-0.1, -0.05) is 6.58 Å². The molecule has 0 saturated carbocycles. The predicted molar refractivity (Wildman–Crippen MR) is 58.2 cm³/mol. The number of ether oxygens (including phenoxy) is 1. The third kappa shape index (κ3) is 2.49. The highest BCUT2D eigenvalue weighted by atomic mass is 32.1.